The lowest BCUT2D eigenvalue weighted by atomic mass is 10.1. The minimum Gasteiger partial charge on any atom is -0.248 e. The highest BCUT2D eigenvalue weighted by atomic mass is 35.5. The van der Waals surface area contributed by atoms with E-state index in [2.05, 4.69) is 30.7 Å². The fourth-order valence-corrected chi connectivity index (χ4v) is 1.27. The lowest BCUT2D eigenvalue weighted by Crippen LogP contribution is -2.41. The van der Waals surface area contributed by atoms with Gasteiger partial charge in [0.2, 0.25) is 0 Å². The van der Waals surface area contributed by atoms with Gasteiger partial charge in [-0.1, -0.05) is 12.2 Å². The third-order valence-electron chi connectivity index (χ3n) is 1.92. The molecule has 1 fully saturated rings. The van der Waals surface area contributed by atoms with Crippen LogP contribution in [-0.4, -0.2) is 37.2 Å². The van der Waals surface area contributed by atoms with E-state index in [1.807, 2.05) is 0 Å². The molecular weight excluding hydrogens is 160 g/mol. The summed E-state index contributed by atoms with van der Waals surface area (Å²) in [4.78, 5) is 0. The van der Waals surface area contributed by atoms with Crippen molar-refractivity contribution in [3.8, 4) is 0 Å². The number of hydrazine groups is 1. The number of nitrogens with zero attached hydrogens (tertiary/aromatic N) is 2. The van der Waals surface area contributed by atoms with Crippen molar-refractivity contribution in [2.45, 2.75) is 12.8 Å². The van der Waals surface area contributed by atoms with Crippen LogP contribution < -0.4 is 0 Å². The standard InChI is InChI=1S/C8H16N2.ClH/c1-8-5-4-6-10(7-8)9(2)3;/h1,4-7H2,2-3H3;1H. The molecule has 1 aliphatic heterocycles. The zero-order chi connectivity index (χ0) is 7.56. The van der Waals surface area contributed by atoms with Crippen molar-refractivity contribution in [3.05, 3.63) is 12.2 Å². The van der Waals surface area contributed by atoms with E-state index in [1.54, 1.807) is 0 Å². The van der Waals surface area contributed by atoms with Crippen LogP contribution >= 0.6 is 12.4 Å². The molecule has 0 unspecified atom stereocenters. The molecule has 0 N–H and O–H groups in total. The highest BCUT2D eigenvalue weighted by Gasteiger charge is 2.13. The molecule has 2 nitrogen and oxygen atoms in total. The summed E-state index contributed by atoms with van der Waals surface area (Å²) in [6.45, 7) is 6.21. The van der Waals surface area contributed by atoms with E-state index in [0.29, 0.717) is 0 Å². The van der Waals surface area contributed by atoms with Crippen LogP contribution in [0, 0.1) is 0 Å². The quantitative estimate of drug-likeness (QED) is 0.560. The van der Waals surface area contributed by atoms with E-state index in [9.17, 15) is 0 Å². The summed E-state index contributed by atoms with van der Waals surface area (Å²) < 4.78 is 0. The van der Waals surface area contributed by atoms with Crippen molar-refractivity contribution >= 4 is 12.4 Å². The van der Waals surface area contributed by atoms with Crippen molar-refractivity contribution in [2.75, 3.05) is 27.2 Å². The van der Waals surface area contributed by atoms with E-state index >= 15 is 0 Å². The lowest BCUT2D eigenvalue weighted by molar-refractivity contribution is 0.0239. The average Bonchev–Trinajstić information content (AvgIpc) is 1.88. The smallest absolute Gasteiger partial charge is 0.0340 e. The van der Waals surface area contributed by atoms with Crippen molar-refractivity contribution in [1.82, 2.24) is 10.0 Å². The molecule has 1 rings (SSSR count). The van der Waals surface area contributed by atoms with Crippen LogP contribution in [0.5, 0.6) is 0 Å². The average molecular weight is 177 g/mol. The van der Waals surface area contributed by atoms with Crippen molar-refractivity contribution < 1.29 is 0 Å². The van der Waals surface area contributed by atoms with Gasteiger partial charge in [-0.05, 0) is 12.8 Å². The van der Waals surface area contributed by atoms with Crippen LogP contribution in [0.3, 0.4) is 0 Å². The largest absolute Gasteiger partial charge is 0.248 e. The van der Waals surface area contributed by atoms with Gasteiger partial charge in [-0.3, -0.25) is 0 Å². The molecule has 0 spiro atoms. The maximum absolute atomic E-state index is 3.98. The molecule has 0 radical (unpaired) electrons. The Bertz CT molecular complexity index is 134. The van der Waals surface area contributed by atoms with E-state index in [4.69, 9.17) is 0 Å². The summed E-state index contributed by atoms with van der Waals surface area (Å²) in [7, 11) is 4.16. The van der Waals surface area contributed by atoms with E-state index < -0.39 is 0 Å². The van der Waals surface area contributed by atoms with Gasteiger partial charge in [0, 0.05) is 27.2 Å². The first-order chi connectivity index (χ1) is 4.70. The highest BCUT2D eigenvalue weighted by Crippen LogP contribution is 2.13. The highest BCUT2D eigenvalue weighted by molar-refractivity contribution is 5.85. The molecule has 3 heteroatoms. The first-order valence-corrected chi connectivity index (χ1v) is 3.79. The third kappa shape index (κ3) is 3.23. The minimum absolute atomic E-state index is 0. The first kappa shape index (κ1) is 11.0. The molecule has 0 atom stereocenters. The van der Waals surface area contributed by atoms with Crippen LogP contribution in [0.25, 0.3) is 0 Å². The monoisotopic (exact) mass is 176 g/mol. The fraction of sp³-hybridized carbons (Fsp3) is 0.750. The summed E-state index contributed by atoms with van der Waals surface area (Å²) in [5.41, 5.74) is 1.36. The Morgan fingerprint density at radius 3 is 2.45 bits per heavy atom. The van der Waals surface area contributed by atoms with Crippen LogP contribution in [0.15, 0.2) is 12.2 Å². The molecule has 0 aromatic carbocycles. The fourth-order valence-electron chi connectivity index (χ4n) is 1.27. The van der Waals surface area contributed by atoms with Gasteiger partial charge in [0.05, 0.1) is 0 Å². The normalized spacial score (nSPS) is 20.1. The van der Waals surface area contributed by atoms with Gasteiger partial charge < -0.3 is 0 Å². The number of piperidine rings is 1. The molecule has 0 saturated carbocycles. The lowest BCUT2D eigenvalue weighted by Gasteiger charge is -2.33. The Labute approximate surface area is 75.2 Å². The van der Waals surface area contributed by atoms with Crippen LogP contribution in [0.4, 0.5) is 0 Å². The van der Waals surface area contributed by atoms with E-state index in [-0.39, 0.29) is 12.4 Å². The van der Waals surface area contributed by atoms with Crippen molar-refractivity contribution in [1.29, 1.82) is 0 Å². The Balaban J connectivity index is 0.000001000. The minimum atomic E-state index is 0. The molecule has 1 saturated heterocycles. The van der Waals surface area contributed by atoms with Gasteiger partial charge in [0.15, 0.2) is 0 Å². The van der Waals surface area contributed by atoms with Gasteiger partial charge in [0.25, 0.3) is 0 Å². The molecule has 1 heterocycles. The number of halogens is 1. The number of rotatable bonds is 1. The second-order valence-electron chi connectivity index (χ2n) is 3.09. The number of hydrogen-bond acceptors (Lipinski definition) is 2. The summed E-state index contributed by atoms with van der Waals surface area (Å²) in [6, 6.07) is 0. The molecule has 0 aromatic rings. The third-order valence-corrected chi connectivity index (χ3v) is 1.92. The summed E-state index contributed by atoms with van der Waals surface area (Å²) in [6.07, 6.45) is 2.47. The molecule has 0 bridgehead atoms. The van der Waals surface area contributed by atoms with Gasteiger partial charge in [-0.15, -0.1) is 12.4 Å². The van der Waals surface area contributed by atoms with Gasteiger partial charge in [0.1, 0.15) is 0 Å². The van der Waals surface area contributed by atoms with Gasteiger partial charge >= 0.3 is 0 Å². The van der Waals surface area contributed by atoms with Crippen LogP contribution in [-0.2, 0) is 0 Å². The molecule has 66 valence electrons. The zero-order valence-electron chi connectivity index (χ0n) is 7.34. The molecule has 11 heavy (non-hydrogen) atoms. The first-order valence-electron chi connectivity index (χ1n) is 3.79. The molecule has 1 aliphatic rings. The predicted octanol–water partition coefficient (Wildman–Crippen LogP) is 1.54. The second-order valence-corrected chi connectivity index (χ2v) is 3.09. The number of hydrogen-bond donors (Lipinski definition) is 0. The molecule has 0 aliphatic carbocycles. The Hall–Kier alpha value is -0.0500. The van der Waals surface area contributed by atoms with Gasteiger partial charge in [-0.2, -0.15) is 0 Å². The summed E-state index contributed by atoms with van der Waals surface area (Å²) in [5.74, 6) is 0. The maximum Gasteiger partial charge on any atom is 0.0340 e. The molecule has 0 amide bonds. The van der Waals surface area contributed by atoms with Gasteiger partial charge in [-0.25, -0.2) is 10.0 Å². The van der Waals surface area contributed by atoms with Crippen molar-refractivity contribution in [2.24, 2.45) is 0 Å². The maximum atomic E-state index is 3.98. The van der Waals surface area contributed by atoms with E-state index in [0.717, 1.165) is 6.54 Å². The molecular formula is C8H17ClN2. The Morgan fingerprint density at radius 1 is 1.45 bits per heavy atom. The zero-order valence-corrected chi connectivity index (χ0v) is 8.15. The summed E-state index contributed by atoms with van der Waals surface area (Å²) >= 11 is 0. The predicted molar refractivity (Wildman–Crippen MR) is 50.9 cm³/mol. The van der Waals surface area contributed by atoms with Crippen LogP contribution in [0.2, 0.25) is 0 Å². The van der Waals surface area contributed by atoms with Crippen molar-refractivity contribution in [3.63, 3.8) is 0 Å². The molecule has 0 aromatic heterocycles. The summed E-state index contributed by atoms with van der Waals surface area (Å²) in [5, 5.41) is 4.45. The Kier molecular flexibility index (Phi) is 4.73. The SMILES string of the molecule is C=C1CCCN(N(C)C)C1.Cl. The van der Waals surface area contributed by atoms with Crippen LogP contribution in [0.1, 0.15) is 12.8 Å². The van der Waals surface area contributed by atoms with E-state index in [1.165, 1.54) is 25.0 Å². The topological polar surface area (TPSA) is 6.48 Å². The Morgan fingerprint density at radius 2 is 2.09 bits per heavy atom. The second kappa shape index (κ2) is 4.75.